The molecule has 5 N–H and O–H groups in total. The quantitative estimate of drug-likeness (QED) is 0.384. The highest BCUT2D eigenvalue weighted by atomic mass is 31.2. The molecular formula is C8H14NO4P. The van der Waals surface area contributed by atoms with E-state index in [1.54, 1.807) is 0 Å². The van der Waals surface area contributed by atoms with Gasteiger partial charge in [-0.2, -0.15) is 0 Å². The van der Waals surface area contributed by atoms with Gasteiger partial charge in [-0.1, -0.05) is 6.07 Å². The lowest BCUT2D eigenvalue weighted by atomic mass is 10.1. The fraction of sp³-hybridized carbons (Fsp3) is 0.250. The Kier molecular flexibility index (Phi) is 4.80. The average Bonchev–Trinajstić information content (AvgIpc) is 1.94. The molecule has 14 heavy (non-hydrogen) atoms. The highest BCUT2D eigenvalue weighted by molar-refractivity contribution is 7.45. The molecule has 1 rings (SSSR count). The van der Waals surface area contributed by atoms with Crippen LogP contribution in [0, 0.1) is 13.8 Å². The summed E-state index contributed by atoms with van der Waals surface area (Å²) in [7, 11) is -4.64. The highest BCUT2D eigenvalue weighted by Gasteiger charge is 2.00. The number of nitrogen functional groups attached to an aromatic ring is 1. The zero-order valence-corrected chi connectivity index (χ0v) is 8.90. The van der Waals surface area contributed by atoms with Gasteiger partial charge in [-0.25, -0.2) is 4.57 Å². The minimum absolute atomic E-state index is 0.845. The molecule has 1 aromatic rings. The molecule has 0 atom stereocenters. The van der Waals surface area contributed by atoms with Crippen molar-refractivity contribution in [3.05, 3.63) is 29.3 Å². The Labute approximate surface area is 82.4 Å². The molecule has 0 unspecified atom stereocenters. The van der Waals surface area contributed by atoms with Gasteiger partial charge in [-0.3, -0.25) is 0 Å². The van der Waals surface area contributed by atoms with Crippen LogP contribution in [0.25, 0.3) is 0 Å². The fourth-order valence-electron chi connectivity index (χ4n) is 0.765. The van der Waals surface area contributed by atoms with Crippen LogP contribution in [0.1, 0.15) is 11.1 Å². The van der Waals surface area contributed by atoms with E-state index in [1.165, 1.54) is 11.1 Å². The molecule has 0 amide bonds. The van der Waals surface area contributed by atoms with E-state index in [2.05, 4.69) is 13.8 Å². The molecule has 0 aliphatic carbocycles. The molecule has 0 radical (unpaired) electrons. The summed E-state index contributed by atoms with van der Waals surface area (Å²) in [4.78, 5) is 21.6. The molecular weight excluding hydrogens is 205 g/mol. The summed E-state index contributed by atoms with van der Waals surface area (Å²) in [5.74, 6) is 0. The second-order valence-electron chi connectivity index (χ2n) is 2.86. The van der Waals surface area contributed by atoms with E-state index in [1.807, 2.05) is 18.2 Å². The molecule has 5 nitrogen and oxygen atoms in total. The van der Waals surface area contributed by atoms with Crippen LogP contribution in [0.2, 0.25) is 0 Å². The van der Waals surface area contributed by atoms with Gasteiger partial charge in [0.2, 0.25) is 0 Å². The van der Waals surface area contributed by atoms with Gasteiger partial charge in [-0.15, -0.1) is 0 Å². The summed E-state index contributed by atoms with van der Waals surface area (Å²) in [6.45, 7) is 4.14. The fourth-order valence-corrected chi connectivity index (χ4v) is 0.765. The monoisotopic (exact) mass is 219 g/mol. The first-order valence-electron chi connectivity index (χ1n) is 3.81. The van der Waals surface area contributed by atoms with Crippen molar-refractivity contribution in [2.24, 2.45) is 0 Å². The molecule has 0 saturated carbocycles. The van der Waals surface area contributed by atoms with Gasteiger partial charge in [0.1, 0.15) is 0 Å². The summed E-state index contributed by atoms with van der Waals surface area (Å²) >= 11 is 0. The Morgan fingerprint density at radius 3 is 1.86 bits per heavy atom. The van der Waals surface area contributed by atoms with Crippen LogP contribution in [0.15, 0.2) is 18.2 Å². The lowest BCUT2D eigenvalue weighted by Crippen LogP contribution is -1.86. The number of rotatable bonds is 0. The van der Waals surface area contributed by atoms with Gasteiger partial charge in [0.05, 0.1) is 0 Å². The Hall–Kier alpha value is -0.870. The minimum Gasteiger partial charge on any atom is -0.399 e. The summed E-state index contributed by atoms with van der Waals surface area (Å²) in [5, 5.41) is 0. The van der Waals surface area contributed by atoms with Gasteiger partial charge in [0, 0.05) is 5.69 Å². The highest BCUT2D eigenvalue weighted by Crippen LogP contribution is 2.25. The van der Waals surface area contributed by atoms with Crippen molar-refractivity contribution >= 4 is 13.5 Å². The van der Waals surface area contributed by atoms with Gasteiger partial charge in [-0.05, 0) is 37.1 Å². The number of hydrogen-bond acceptors (Lipinski definition) is 2. The van der Waals surface area contributed by atoms with Crippen LogP contribution in [-0.2, 0) is 4.57 Å². The van der Waals surface area contributed by atoms with Crippen molar-refractivity contribution in [2.75, 3.05) is 5.73 Å². The largest absolute Gasteiger partial charge is 0.466 e. The zero-order chi connectivity index (χ0) is 11.4. The van der Waals surface area contributed by atoms with Gasteiger partial charge in [0.25, 0.3) is 0 Å². The number of benzene rings is 1. The molecule has 0 heterocycles. The Bertz CT molecular complexity index is 339. The number of nitrogens with two attached hydrogens (primary N) is 1. The van der Waals surface area contributed by atoms with Crippen molar-refractivity contribution in [3.8, 4) is 0 Å². The summed E-state index contributed by atoms with van der Waals surface area (Å²) in [5.41, 5.74) is 8.93. The van der Waals surface area contributed by atoms with Gasteiger partial charge < -0.3 is 20.4 Å². The van der Waals surface area contributed by atoms with E-state index >= 15 is 0 Å². The van der Waals surface area contributed by atoms with Gasteiger partial charge >= 0.3 is 7.82 Å². The van der Waals surface area contributed by atoms with E-state index in [9.17, 15) is 0 Å². The molecule has 0 aliphatic heterocycles. The van der Waals surface area contributed by atoms with Crippen LogP contribution in [0.4, 0.5) is 5.69 Å². The molecule has 0 aliphatic rings. The molecule has 0 aromatic heterocycles. The summed E-state index contributed by atoms with van der Waals surface area (Å²) < 4.78 is 8.88. The normalized spacial score (nSPS) is 10.4. The van der Waals surface area contributed by atoms with Crippen LogP contribution in [-0.4, -0.2) is 14.7 Å². The van der Waals surface area contributed by atoms with Crippen molar-refractivity contribution in [1.82, 2.24) is 0 Å². The third-order valence-corrected chi connectivity index (χ3v) is 1.53. The molecule has 0 saturated heterocycles. The molecule has 0 fully saturated rings. The lowest BCUT2D eigenvalue weighted by molar-refractivity contribution is 0.275. The average molecular weight is 219 g/mol. The van der Waals surface area contributed by atoms with E-state index in [-0.39, 0.29) is 0 Å². The van der Waals surface area contributed by atoms with Crippen molar-refractivity contribution < 1.29 is 19.2 Å². The maximum Gasteiger partial charge on any atom is 0.466 e. The van der Waals surface area contributed by atoms with Crippen molar-refractivity contribution in [3.63, 3.8) is 0 Å². The summed E-state index contributed by atoms with van der Waals surface area (Å²) in [6.07, 6.45) is 0. The van der Waals surface area contributed by atoms with Crippen LogP contribution in [0.3, 0.4) is 0 Å². The van der Waals surface area contributed by atoms with Crippen molar-refractivity contribution in [2.45, 2.75) is 13.8 Å². The van der Waals surface area contributed by atoms with Gasteiger partial charge in [0.15, 0.2) is 0 Å². The maximum atomic E-state index is 8.88. The summed E-state index contributed by atoms with van der Waals surface area (Å²) in [6, 6.07) is 5.93. The minimum atomic E-state index is -4.64. The number of hydrogen-bond donors (Lipinski definition) is 4. The standard InChI is InChI=1S/C8H11N.H3O4P/c1-6-3-4-8(9)5-7(6)2;1-5(2,3)4/h3-5H,9H2,1-2H3;(H3,1,2,3,4). The first-order valence-corrected chi connectivity index (χ1v) is 5.37. The maximum absolute atomic E-state index is 8.88. The molecule has 0 spiro atoms. The van der Waals surface area contributed by atoms with E-state index in [0.29, 0.717) is 0 Å². The Balaban J connectivity index is 0.000000292. The third kappa shape index (κ3) is 7.76. The predicted molar refractivity (Wildman–Crippen MR) is 54.6 cm³/mol. The number of aryl methyl sites for hydroxylation is 2. The molecule has 1 aromatic carbocycles. The zero-order valence-electron chi connectivity index (χ0n) is 8.01. The Morgan fingerprint density at radius 2 is 1.57 bits per heavy atom. The van der Waals surface area contributed by atoms with E-state index in [0.717, 1.165) is 5.69 Å². The first kappa shape index (κ1) is 13.1. The second kappa shape index (κ2) is 5.12. The van der Waals surface area contributed by atoms with E-state index in [4.69, 9.17) is 25.0 Å². The number of anilines is 1. The molecule has 6 heteroatoms. The van der Waals surface area contributed by atoms with Crippen LogP contribution >= 0.6 is 7.82 Å². The lowest BCUT2D eigenvalue weighted by Gasteiger charge is -1.98. The van der Waals surface area contributed by atoms with Crippen LogP contribution in [0.5, 0.6) is 0 Å². The predicted octanol–water partition coefficient (Wildman–Crippen LogP) is 0.957. The SMILES string of the molecule is Cc1ccc(N)cc1C.O=P(O)(O)O. The molecule has 80 valence electrons. The van der Waals surface area contributed by atoms with E-state index < -0.39 is 7.82 Å². The smallest absolute Gasteiger partial charge is 0.399 e. The third-order valence-electron chi connectivity index (χ3n) is 1.53. The Morgan fingerprint density at radius 1 is 1.14 bits per heavy atom. The first-order chi connectivity index (χ1) is 6.20. The van der Waals surface area contributed by atoms with Crippen LogP contribution < -0.4 is 5.73 Å². The topological polar surface area (TPSA) is 104 Å². The number of phosphoric acid groups is 1. The molecule has 0 bridgehead atoms. The second-order valence-corrected chi connectivity index (χ2v) is 3.88. The van der Waals surface area contributed by atoms with Crippen molar-refractivity contribution in [1.29, 1.82) is 0 Å².